The molecule has 0 aliphatic rings. The molecule has 0 N–H and O–H groups in total. The van der Waals surface area contributed by atoms with Crippen molar-refractivity contribution in [1.29, 1.82) is 0 Å². The predicted molar refractivity (Wildman–Crippen MR) is 68.9 cm³/mol. The van der Waals surface area contributed by atoms with Crippen LogP contribution in [-0.4, -0.2) is 29.9 Å². The van der Waals surface area contributed by atoms with Crippen LogP contribution in [0.15, 0.2) is 0 Å². The molecule has 6 nitrogen and oxygen atoms in total. The van der Waals surface area contributed by atoms with Crippen molar-refractivity contribution in [2.24, 2.45) is 0 Å². The molecule has 0 aromatic rings. The molecule has 0 saturated heterocycles. The third-order valence-electron chi connectivity index (χ3n) is 2.13. The van der Waals surface area contributed by atoms with E-state index in [0.29, 0.717) is 13.0 Å². The lowest BCUT2D eigenvalue weighted by Crippen LogP contribution is -2.31. The van der Waals surface area contributed by atoms with Crippen LogP contribution in [0.5, 0.6) is 0 Å². The van der Waals surface area contributed by atoms with Gasteiger partial charge in [-0.15, -0.1) is 0 Å². The van der Waals surface area contributed by atoms with Gasteiger partial charge in [-0.1, -0.05) is 13.3 Å². The number of unbranched alkanes of at least 4 members (excludes halogenated alkanes) is 1. The van der Waals surface area contributed by atoms with E-state index < -0.39 is 23.3 Å². The van der Waals surface area contributed by atoms with Gasteiger partial charge < -0.3 is 9.47 Å². The molecule has 0 aromatic heterocycles. The van der Waals surface area contributed by atoms with Crippen LogP contribution < -0.4 is 0 Å². The van der Waals surface area contributed by atoms with E-state index in [2.05, 4.69) is 4.89 Å². The van der Waals surface area contributed by atoms with E-state index in [9.17, 15) is 9.59 Å². The summed E-state index contributed by atoms with van der Waals surface area (Å²) in [6.45, 7) is 7.30. The lowest BCUT2D eigenvalue weighted by molar-refractivity contribution is -0.321. The minimum absolute atomic E-state index is 0.291. The Labute approximate surface area is 118 Å². The average Bonchev–Trinajstić information content (AvgIpc) is 2.25. The monoisotopic (exact) mass is 296 g/mol. The average molecular weight is 297 g/mol. The summed E-state index contributed by atoms with van der Waals surface area (Å²) in [7, 11) is 0. The van der Waals surface area contributed by atoms with Gasteiger partial charge in [0.15, 0.2) is 0 Å². The highest BCUT2D eigenvalue weighted by atomic mass is 35.5. The summed E-state index contributed by atoms with van der Waals surface area (Å²) < 4.78 is 9.50. The largest absolute Gasteiger partial charge is 0.540 e. The van der Waals surface area contributed by atoms with Crippen LogP contribution in [0.2, 0.25) is 0 Å². The highest BCUT2D eigenvalue weighted by molar-refractivity contribution is 6.61. The third-order valence-corrected chi connectivity index (χ3v) is 2.22. The Bertz CT molecular complexity index is 292. The van der Waals surface area contributed by atoms with Gasteiger partial charge in [0.1, 0.15) is 11.7 Å². The second-order valence-electron chi connectivity index (χ2n) is 4.75. The Kier molecular flexibility index (Phi) is 8.51. The zero-order valence-corrected chi connectivity index (χ0v) is 12.5. The summed E-state index contributed by atoms with van der Waals surface area (Å²) in [6, 6.07) is 0. The molecule has 0 saturated carbocycles. The van der Waals surface area contributed by atoms with Crippen LogP contribution in [0.1, 0.15) is 47.0 Å². The van der Waals surface area contributed by atoms with Gasteiger partial charge in [-0.3, -0.25) is 4.89 Å². The van der Waals surface area contributed by atoms with E-state index in [1.54, 1.807) is 20.8 Å². The SMILES string of the molecule is CCCCOC(=O)OOC(C)(C)CC(C)OC(=O)Cl. The molecule has 0 heterocycles. The highest BCUT2D eigenvalue weighted by Gasteiger charge is 2.27. The minimum Gasteiger partial charge on any atom is -0.451 e. The van der Waals surface area contributed by atoms with Crippen LogP contribution in [0, 0.1) is 0 Å². The van der Waals surface area contributed by atoms with E-state index in [4.69, 9.17) is 26.0 Å². The number of carbonyl (C=O) groups is 2. The number of rotatable bonds is 8. The van der Waals surface area contributed by atoms with Crippen molar-refractivity contribution in [3.05, 3.63) is 0 Å². The van der Waals surface area contributed by atoms with Crippen molar-refractivity contribution >= 4 is 23.2 Å². The topological polar surface area (TPSA) is 71.1 Å². The number of hydrogen-bond donors (Lipinski definition) is 0. The smallest absolute Gasteiger partial charge is 0.451 e. The first kappa shape index (κ1) is 18.0. The Morgan fingerprint density at radius 3 is 2.47 bits per heavy atom. The maximum absolute atomic E-state index is 11.2. The molecule has 7 heteroatoms. The Morgan fingerprint density at radius 1 is 1.32 bits per heavy atom. The number of halogens is 1. The zero-order chi connectivity index (χ0) is 14.9. The molecule has 0 bridgehead atoms. The number of hydrogen-bond acceptors (Lipinski definition) is 6. The molecular weight excluding hydrogens is 276 g/mol. The molecule has 112 valence electrons. The first-order chi connectivity index (χ1) is 8.76. The van der Waals surface area contributed by atoms with Gasteiger partial charge in [-0.2, -0.15) is 4.89 Å². The second-order valence-corrected chi connectivity index (χ2v) is 5.06. The molecule has 0 aliphatic heterocycles. The lowest BCUT2D eigenvalue weighted by atomic mass is 10.0. The Hall–Kier alpha value is -1.01. The van der Waals surface area contributed by atoms with Gasteiger partial charge in [0.2, 0.25) is 0 Å². The van der Waals surface area contributed by atoms with Crippen LogP contribution in [-0.2, 0) is 19.2 Å². The van der Waals surface area contributed by atoms with Crippen molar-refractivity contribution in [3.63, 3.8) is 0 Å². The van der Waals surface area contributed by atoms with Crippen LogP contribution in [0.25, 0.3) is 0 Å². The molecule has 1 unspecified atom stereocenters. The molecule has 0 radical (unpaired) electrons. The van der Waals surface area contributed by atoms with E-state index in [1.807, 2.05) is 6.92 Å². The summed E-state index contributed by atoms with van der Waals surface area (Å²) in [6.07, 6.45) is 0.652. The molecular formula is C12H21ClO6. The first-order valence-corrected chi connectivity index (χ1v) is 6.53. The fourth-order valence-electron chi connectivity index (χ4n) is 1.40. The summed E-state index contributed by atoms with van der Waals surface area (Å²) in [4.78, 5) is 31.2. The molecule has 0 fully saturated rings. The van der Waals surface area contributed by atoms with E-state index in [0.717, 1.165) is 12.8 Å². The lowest BCUT2D eigenvalue weighted by Gasteiger charge is -2.25. The Balaban J connectivity index is 3.94. The van der Waals surface area contributed by atoms with E-state index in [1.165, 1.54) is 0 Å². The molecule has 0 rings (SSSR count). The van der Waals surface area contributed by atoms with Crippen LogP contribution in [0.3, 0.4) is 0 Å². The summed E-state index contributed by atoms with van der Waals surface area (Å²) in [5.74, 6) is 0. The molecule has 1 atom stereocenters. The molecule has 0 amide bonds. The molecule has 19 heavy (non-hydrogen) atoms. The normalized spacial score (nSPS) is 12.7. The maximum atomic E-state index is 11.2. The molecule has 0 aliphatic carbocycles. The predicted octanol–water partition coefficient (Wildman–Crippen LogP) is 3.80. The van der Waals surface area contributed by atoms with Gasteiger partial charge in [-0.05, 0) is 27.2 Å². The van der Waals surface area contributed by atoms with Crippen molar-refractivity contribution in [1.82, 2.24) is 0 Å². The molecule has 0 spiro atoms. The van der Waals surface area contributed by atoms with E-state index >= 15 is 0 Å². The third kappa shape index (κ3) is 10.6. The van der Waals surface area contributed by atoms with Gasteiger partial charge in [0.25, 0.3) is 0 Å². The maximum Gasteiger partial charge on any atom is 0.540 e. The second kappa shape index (κ2) is 8.98. The summed E-state index contributed by atoms with van der Waals surface area (Å²) in [5, 5.41) is 0. The van der Waals surface area contributed by atoms with Crippen molar-refractivity contribution in [3.8, 4) is 0 Å². The van der Waals surface area contributed by atoms with Crippen molar-refractivity contribution in [2.45, 2.75) is 58.7 Å². The standard InChI is InChI=1S/C12H21ClO6/c1-5-6-7-16-11(15)18-19-12(3,4)8-9(2)17-10(13)14/h9H,5-8H2,1-4H3. The van der Waals surface area contributed by atoms with Crippen LogP contribution in [0.4, 0.5) is 9.59 Å². The highest BCUT2D eigenvalue weighted by Crippen LogP contribution is 2.19. The van der Waals surface area contributed by atoms with Gasteiger partial charge in [0.05, 0.1) is 6.61 Å². The van der Waals surface area contributed by atoms with Crippen molar-refractivity contribution in [2.75, 3.05) is 6.61 Å². The number of ether oxygens (including phenoxy) is 2. The zero-order valence-electron chi connectivity index (χ0n) is 11.7. The minimum atomic E-state index is -0.886. The van der Waals surface area contributed by atoms with Crippen molar-refractivity contribution < 1.29 is 28.8 Å². The summed E-state index contributed by atoms with van der Waals surface area (Å²) in [5.41, 5.74) is -1.71. The van der Waals surface area contributed by atoms with Gasteiger partial charge >= 0.3 is 11.6 Å². The quantitative estimate of drug-likeness (QED) is 0.223. The number of carbonyl (C=O) groups excluding carboxylic acids is 2. The van der Waals surface area contributed by atoms with Gasteiger partial charge in [0, 0.05) is 18.0 Å². The van der Waals surface area contributed by atoms with Gasteiger partial charge in [-0.25, -0.2) is 9.59 Å². The van der Waals surface area contributed by atoms with E-state index in [-0.39, 0.29) is 0 Å². The first-order valence-electron chi connectivity index (χ1n) is 6.15. The fraction of sp³-hybridized carbons (Fsp3) is 0.833. The molecule has 0 aromatic carbocycles. The van der Waals surface area contributed by atoms with Crippen LogP contribution >= 0.6 is 11.6 Å². The Morgan fingerprint density at radius 2 is 1.95 bits per heavy atom. The fourth-order valence-corrected chi connectivity index (χ4v) is 1.55. The summed E-state index contributed by atoms with van der Waals surface area (Å²) >= 11 is 5.09.